The summed E-state index contributed by atoms with van der Waals surface area (Å²) in [5, 5.41) is 8.80. The third kappa shape index (κ3) is 2.33. The number of cyclic esters (lactones) is 1. The summed E-state index contributed by atoms with van der Waals surface area (Å²) >= 11 is 0. The van der Waals surface area contributed by atoms with Gasteiger partial charge in [0.2, 0.25) is 0 Å². The number of anilines is 1. The Morgan fingerprint density at radius 2 is 2.06 bits per heavy atom. The van der Waals surface area contributed by atoms with Crippen molar-refractivity contribution in [3.8, 4) is 0 Å². The number of aliphatic hydroxyl groups is 1. The second kappa shape index (κ2) is 4.99. The van der Waals surface area contributed by atoms with Gasteiger partial charge in [0, 0.05) is 18.8 Å². The third-order valence-electron chi connectivity index (χ3n) is 2.62. The predicted molar refractivity (Wildman–Crippen MR) is 60.5 cm³/mol. The monoisotopic (exact) mass is 221 g/mol. The lowest BCUT2D eigenvalue weighted by Gasteiger charge is -2.26. The van der Waals surface area contributed by atoms with Gasteiger partial charge in [-0.1, -0.05) is 12.1 Å². The van der Waals surface area contributed by atoms with E-state index < -0.39 is 0 Å². The molecule has 86 valence electrons. The molecular formula is C12H15NO3. The number of amides is 1. The average Bonchev–Trinajstić information content (AvgIpc) is 2.31. The summed E-state index contributed by atoms with van der Waals surface area (Å²) in [6.07, 6.45) is 1.23. The van der Waals surface area contributed by atoms with Crippen LogP contribution in [-0.4, -0.2) is 31.0 Å². The number of hydrogen-bond donors (Lipinski definition) is 1. The Balaban J connectivity index is 2.11. The van der Waals surface area contributed by atoms with Crippen molar-refractivity contribution in [2.75, 3.05) is 24.7 Å². The smallest absolute Gasteiger partial charge is 0.414 e. The molecule has 0 bridgehead atoms. The lowest BCUT2D eigenvalue weighted by Crippen LogP contribution is -2.37. The molecule has 1 heterocycles. The van der Waals surface area contributed by atoms with E-state index in [1.165, 1.54) is 0 Å². The minimum Gasteiger partial charge on any atom is -0.449 e. The van der Waals surface area contributed by atoms with E-state index >= 15 is 0 Å². The number of carbonyl (C=O) groups excluding carboxylic acids is 1. The average molecular weight is 221 g/mol. The van der Waals surface area contributed by atoms with Crippen LogP contribution in [-0.2, 0) is 11.2 Å². The van der Waals surface area contributed by atoms with Crippen molar-refractivity contribution in [3.05, 3.63) is 29.8 Å². The van der Waals surface area contributed by atoms with Crippen molar-refractivity contribution in [2.45, 2.75) is 12.8 Å². The summed E-state index contributed by atoms with van der Waals surface area (Å²) in [7, 11) is 0. The Kier molecular flexibility index (Phi) is 3.41. The molecule has 0 saturated carbocycles. The van der Waals surface area contributed by atoms with Crippen LogP contribution < -0.4 is 4.90 Å². The van der Waals surface area contributed by atoms with Gasteiger partial charge in [-0.15, -0.1) is 0 Å². The van der Waals surface area contributed by atoms with Crippen LogP contribution in [0.15, 0.2) is 24.3 Å². The maximum Gasteiger partial charge on any atom is 0.414 e. The molecule has 1 saturated heterocycles. The second-order valence-corrected chi connectivity index (χ2v) is 3.76. The molecule has 2 rings (SSSR count). The van der Waals surface area contributed by atoms with E-state index in [-0.39, 0.29) is 12.7 Å². The summed E-state index contributed by atoms with van der Waals surface area (Å²) in [6.45, 7) is 1.36. The van der Waals surface area contributed by atoms with Crippen molar-refractivity contribution >= 4 is 11.8 Å². The van der Waals surface area contributed by atoms with Gasteiger partial charge in [0.05, 0.1) is 6.61 Å². The van der Waals surface area contributed by atoms with E-state index in [4.69, 9.17) is 9.84 Å². The zero-order valence-electron chi connectivity index (χ0n) is 9.06. The van der Waals surface area contributed by atoms with Gasteiger partial charge < -0.3 is 9.84 Å². The molecule has 4 nitrogen and oxygen atoms in total. The van der Waals surface area contributed by atoms with E-state index in [2.05, 4.69) is 0 Å². The molecule has 1 fully saturated rings. The van der Waals surface area contributed by atoms with E-state index in [1.54, 1.807) is 4.90 Å². The summed E-state index contributed by atoms with van der Waals surface area (Å²) in [4.78, 5) is 13.1. The zero-order chi connectivity index (χ0) is 11.4. The highest BCUT2D eigenvalue weighted by Crippen LogP contribution is 2.19. The molecule has 0 radical (unpaired) electrons. The van der Waals surface area contributed by atoms with Crippen LogP contribution in [0.25, 0.3) is 0 Å². The molecule has 1 aliphatic heterocycles. The Morgan fingerprint density at radius 3 is 2.69 bits per heavy atom. The number of ether oxygens (including phenoxy) is 1. The first-order valence-corrected chi connectivity index (χ1v) is 5.45. The zero-order valence-corrected chi connectivity index (χ0v) is 9.06. The molecule has 1 N–H and O–H groups in total. The van der Waals surface area contributed by atoms with Crippen molar-refractivity contribution in [1.29, 1.82) is 0 Å². The fourth-order valence-electron chi connectivity index (χ4n) is 1.76. The molecule has 1 aliphatic rings. The third-order valence-corrected chi connectivity index (χ3v) is 2.62. The topological polar surface area (TPSA) is 49.8 Å². The first kappa shape index (κ1) is 11.0. The molecular weight excluding hydrogens is 206 g/mol. The molecule has 0 atom stereocenters. The fraction of sp³-hybridized carbons (Fsp3) is 0.417. The van der Waals surface area contributed by atoms with Gasteiger partial charge in [0.15, 0.2) is 0 Å². The lowest BCUT2D eigenvalue weighted by molar-refractivity contribution is 0.140. The van der Waals surface area contributed by atoms with Crippen molar-refractivity contribution in [2.24, 2.45) is 0 Å². The Labute approximate surface area is 94.4 Å². The number of aliphatic hydroxyl groups excluding tert-OH is 1. The largest absolute Gasteiger partial charge is 0.449 e. The van der Waals surface area contributed by atoms with Crippen LogP contribution in [0.4, 0.5) is 10.5 Å². The standard InChI is InChI=1S/C12H15NO3/c14-8-6-10-2-4-11(5-3-10)13-7-1-9-16-12(13)15/h2-5,14H,1,6-9H2. The Hall–Kier alpha value is -1.55. The molecule has 0 aromatic heterocycles. The van der Waals surface area contributed by atoms with Crippen LogP contribution in [0.5, 0.6) is 0 Å². The highest BCUT2D eigenvalue weighted by atomic mass is 16.6. The van der Waals surface area contributed by atoms with Crippen molar-refractivity contribution in [3.63, 3.8) is 0 Å². The maximum absolute atomic E-state index is 11.5. The van der Waals surface area contributed by atoms with Gasteiger partial charge in [-0.25, -0.2) is 4.79 Å². The van der Waals surface area contributed by atoms with Crippen LogP contribution in [0.2, 0.25) is 0 Å². The summed E-state index contributed by atoms with van der Waals surface area (Å²) in [6, 6.07) is 7.62. The highest BCUT2D eigenvalue weighted by molar-refractivity contribution is 5.88. The Bertz CT molecular complexity index is 361. The molecule has 1 aromatic rings. The minimum atomic E-state index is -0.277. The highest BCUT2D eigenvalue weighted by Gasteiger charge is 2.20. The summed E-state index contributed by atoms with van der Waals surface area (Å²) in [5.41, 5.74) is 1.92. The lowest BCUT2D eigenvalue weighted by atomic mass is 10.1. The SMILES string of the molecule is O=C1OCCCN1c1ccc(CCO)cc1. The molecule has 0 spiro atoms. The molecule has 4 heteroatoms. The van der Waals surface area contributed by atoms with E-state index in [1.807, 2.05) is 24.3 Å². The number of hydrogen-bond acceptors (Lipinski definition) is 3. The number of benzene rings is 1. The first-order chi connectivity index (χ1) is 7.81. The molecule has 1 aromatic carbocycles. The summed E-state index contributed by atoms with van der Waals surface area (Å²) in [5.74, 6) is 0. The Morgan fingerprint density at radius 1 is 1.31 bits per heavy atom. The molecule has 0 unspecified atom stereocenters. The van der Waals surface area contributed by atoms with Gasteiger partial charge in [-0.2, -0.15) is 0 Å². The van der Waals surface area contributed by atoms with Crippen molar-refractivity contribution in [1.82, 2.24) is 0 Å². The fourth-order valence-corrected chi connectivity index (χ4v) is 1.76. The normalized spacial score (nSPS) is 16.1. The number of carbonyl (C=O) groups is 1. The molecule has 0 aliphatic carbocycles. The van der Waals surface area contributed by atoms with E-state index in [9.17, 15) is 4.79 Å². The number of rotatable bonds is 3. The van der Waals surface area contributed by atoms with Gasteiger partial charge >= 0.3 is 6.09 Å². The number of nitrogens with zero attached hydrogens (tertiary/aromatic N) is 1. The minimum absolute atomic E-state index is 0.144. The van der Waals surface area contributed by atoms with Crippen LogP contribution in [0, 0.1) is 0 Å². The quantitative estimate of drug-likeness (QED) is 0.842. The molecule has 1 amide bonds. The van der Waals surface area contributed by atoms with Crippen LogP contribution in [0.1, 0.15) is 12.0 Å². The first-order valence-electron chi connectivity index (χ1n) is 5.45. The predicted octanol–water partition coefficient (Wildman–Crippen LogP) is 1.57. The van der Waals surface area contributed by atoms with Crippen molar-refractivity contribution < 1.29 is 14.6 Å². The van der Waals surface area contributed by atoms with Gasteiger partial charge in [0.25, 0.3) is 0 Å². The second-order valence-electron chi connectivity index (χ2n) is 3.76. The van der Waals surface area contributed by atoms with Gasteiger partial charge in [-0.3, -0.25) is 4.90 Å². The van der Waals surface area contributed by atoms with Gasteiger partial charge in [0.1, 0.15) is 0 Å². The van der Waals surface area contributed by atoms with Gasteiger partial charge in [-0.05, 0) is 30.5 Å². The molecule has 16 heavy (non-hydrogen) atoms. The van der Waals surface area contributed by atoms with E-state index in [0.29, 0.717) is 19.6 Å². The summed E-state index contributed by atoms with van der Waals surface area (Å²) < 4.78 is 4.97. The van der Waals surface area contributed by atoms with E-state index in [0.717, 1.165) is 17.7 Å². The maximum atomic E-state index is 11.5. The van der Waals surface area contributed by atoms with Crippen LogP contribution >= 0.6 is 0 Å². The van der Waals surface area contributed by atoms with Crippen LogP contribution in [0.3, 0.4) is 0 Å².